The van der Waals surface area contributed by atoms with Crippen molar-refractivity contribution < 1.29 is 14.7 Å². The molecular weight excluding hydrogens is 399 g/mol. The van der Waals surface area contributed by atoms with Crippen LogP contribution in [0.1, 0.15) is 27.4 Å². The molecule has 0 radical (unpaired) electrons. The Kier molecular flexibility index (Phi) is 5.87. The molecule has 4 N–H and O–H groups in total. The van der Waals surface area contributed by atoms with Gasteiger partial charge < -0.3 is 16.2 Å². The van der Waals surface area contributed by atoms with E-state index in [1.807, 2.05) is 0 Å². The molecule has 0 saturated heterocycles. The van der Waals surface area contributed by atoms with Gasteiger partial charge in [-0.05, 0) is 41.5 Å². The van der Waals surface area contributed by atoms with E-state index in [4.69, 9.17) is 28.9 Å². The van der Waals surface area contributed by atoms with Gasteiger partial charge in [-0.1, -0.05) is 59.6 Å². The number of carboxylic acid groups (broad SMARTS) is 1. The van der Waals surface area contributed by atoms with E-state index in [1.54, 1.807) is 54.6 Å². The Bertz CT molecular complexity index is 1020. The maximum atomic E-state index is 12.1. The van der Waals surface area contributed by atoms with Crippen LogP contribution in [0.25, 0.3) is 0 Å². The summed E-state index contributed by atoms with van der Waals surface area (Å²) >= 11 is 12.5. The second-order valence-electron chi connectivity index (χ2n) is 6.07. The first kappa shape index (κ1) is 19.7. The van der Waals surface area contributed by atoms with Gasteiger partial charge in [0.15, 0.2) is 0 Å². The molecular formula is C21H16Cl2N2O3. The van der Waals surface area contributed by atoms with Crippen LogP contribution in [0.5, 0.6) is 0 Å². The van der Waals surface area contributed by atoms with Crippen molar-refractivity contribution in [2.75, 3.05) is 5.32 Å². The van der Waals surface area contributed by atoms with Crippen LogP contribution in [0.4, 0.5) is 11.4 Å². The molecule has 7 heteroatoms. The number of aliphatic carboxylic acids is 1. The molecule has 0 saturated carbocycles. The molecule has 1 amide bonds. The number of anilines is 2. The SMILES string of the molecule is NC(=O)c1ccc(C(C(=O)O)c2ccccc2Nc2c(Cl)cccc2Cl)cc1. The van der Waals surface area contributed by atoms with Crippen LogP contribution in [-0.4, -0.2) is 17.0 Å². The van der Waals surface area contributed by atoms with Crippen molar-refractivity contribution in [2.24, 2.45) is 5.73 Å². The summed E-state index contributed by atoms with van der Waals surface area (Å²) in [5.41, 5.74) is 7.65. The number of halogens is 2. The maximum absolute atomic E-state index is 12.1. The predicted octanol–water partition coefficient (Wildman–Crippen LogP) is 5.05. The summed E-state index contributed by atoms with van der Waals surface area (Å²) in [6.07, 6.45) is 0. The molecule has 3 rings (SSSR count). The van der Waals surface area contributed by atoms with Crippen LogP contribution < -0.4 is 11.1 Å². The highest BCUT2D eigenvalue weighted by molar-refractivity contribution is 6.39. The van der Waals surface area contributed by atoms with Gasteiger partial charge in [0.1, 0.15) is 5.92 Å². The molecule has 0 aliphatic heterocycles. The topological polar surface area (TPSA) is 92.4 Å². The lowest BCUT2D eigenvalue weighted by atomic mass is 9.89. The number of primary amides is 1. The lowest BCUT2D eigenvalue weighted by Crippen LogP contribution is -2.16. The third-order valence-electron chi connectivity index (χ3n) is 4.27. The monoisotopic (exact) mass is 414 g/mol. The van der Waals surface area contributed by atoms with E-state index in [0.717, 1.165) is 0 Å². The number of carbonyl (C=O) groups is 2. The first-order valence-electron chi connectivity index (χ1n) is 8.31. The fourth-order valence-corrected chi connectivity index (χ4v) is 3.40. The Labute approximate surface area is 171 Å². The summed E-state index contributed by atoms with van der Waals surface area (Å²) in [4.78, 5) is 23.4. The molecule has 3 aromatic rings. The molecule has 0 aromatic heterocycles. The maximum Gasteiger partial charge on any atom is 0.315 e. The number of nitrogens with two attached hydrogens (primary N) is 1. The molecule has 0 fully saturated rings. The van der Waals surface area contributed by atoms with Crippen LogP contribution in [0.3, 0.4) is 0 Å². The van der Waals surface area contributed by atoms with E-state index >= 15 is 0 Å². The lowest BCUT2D eigenvalue weighted by molar-refractivity contribution is -0.137. The number of hydrogen-bond acceptors (Lipinski definition) is 3. The number of carboxylic acids is 1. The van der Waals surface area contributed by atoms with Crippen molar-refractivity contribution in [1.29, 1.82) is 0 Å². The number of rotatable bonds is 6. The summed E-state index contributed by atoms with van der Waals surface area (Å²) in [7, 11) is 0. The molecule has 28 heavy (non-hydrogen) atoms. The van der Waals surface area contributed by atoms with Gasteiger partial charge in [-0.2, -0.15) is 0 Å². The summed E-state index contributed by atoms with van der Waals surface area (Å²) in [5, 5.41) is 13.9. The van der Waals surface area contributed by atoms with Crippen LogP contribution in [0, 0.1) is 0 Å². The average Bonchev–Trinajstić information content (AvgIpc) is 2.66. The first-order chi connectivity index (χ1) is 13.4. The minimum Gasteiger partial charge on any atom is -0.481 e. The van der Waals surface area contributed by atoms with Gasteiger partial charge in [0, 0.05) is 11.3 Å². The van der Waals surface area contributed by atoms with Crippen molar-refractivity contribution in [3.05, 3.63) is 93.5 Å². The van der Waals surface area contributed by atoms with E-state index in [1.165, 1.54) is 12.1 Å². The van der Waals surface area contributed by atoms with E-state index in [0.29, 0.717) is 38.1 Å². The Morgan fingerprint density at radius 2 is 1.50 bits per heavy atom. The number of amides is 1. The van der Waals surface area contributed by atoms with Gasteiger partial charge in [-0.25, -0.2) is 0 Å². The van der Waals surface area contributed by atoms with Crippen molar-refractivity contribution >= 4 is 46.5 Å². The number of carbonyl (C=O) groups excluding carboxylic acids is 1. The Morgan fingerprint density at radius 3 is 2.07 bits per heavy atom. The number of nitrogens with one attached hydrogen (secondary N) is 1. The van der Waals surface area contributed by atoms with E-state index in [2.05, 4.69) is 5.32 Å². The summed E-state index contributed by atoms with van der Waals surface area (Å²) in [6, 6.07) is 18.3. The van der Waals surface area contributed by atoms with Crippen molar-refractivity contribution in [3.63, 3.8) is 0 Å². The largest absolute Gasteiger partial charge is 0.481 e. The van der Waals surface area contributed by atoms with Crippen LogP contribution >= 0.6 is 23.2 Å². The quantitative estimate of drug-likeness (QED) is 0.525. The third kappa shape index (κ3) is 4.11. The molecule has 3 aromatic carbocycles. The predicted molar refractivity (Wildman–Crippen MR) is 111 cm³/mol. The standard InChI is InChI=1S/C21H16Cl2N2O3/c22-15-5-3-6-16(23)19(15)25-17-7-2-1-4-14(17)18(21(27)28)12-8-10-13(11-9-12)20(24)26/h1-11,18,25H,(H2,24,26)(H,27,28). The Balaban J connectivity index is 2.05. The van der Waals surface area contributed by atoms with Gasteiger partial charge in [0.2, 0.25) is 5.91 Å². The van der Waals surface area contributed by atoms with Gasteiger partial charge in [-0.3, -0.25) is 9.59 Å². The van der Waals surface area contributed by atoms with E-state index < -0.39 is 17.8 Å². The molecule has 0 spiro atoms. The fourth-order valence-electron chi connectivity index (χ4n) is 2.91. The second kappa shape index (κ2) is 8.33. The van der Waals surface area contributed by atoms with Crippen LogP contribution in [0.2, 0.25) is 10.0 Å². The molecule has 0 aliphatic carbocycles. The molecule has 0 aliphatic rings. The van der Waals surface area contributed by atoms with Gasteiger partial charge in [0.05, 0.1) is 15.7 Å². The van der Waals surface area contributed by atoms with Gasteiger partial charge >= 0.3 is 5.97 Å². The van der Waals surface area contributed by atoms with Crippen LogP contribution in [-0.2, 0) is 4.79 Å². The lowest BCUT2D eigenvalue weighted by Gasteiger charge is -2.19. The molecule has 0 heterocycles. The second-order valence-corrected chi connectivity index (χ2v) is 6.88. The minimum atomic E-state index is -1.04. The summed E-state index contributed by atoms with van der Waals surface area (Å²) in [5.74, 6) is -2.58. The first-order valence-corrected chi connectivity index (χ1v) is 9.06. The highest BCUT2D eigenvalue weighted by Crippen LogP contribution is 2.37. The highest BCUT2D eigenvalue weighted by Gasteiger charge is 2.25. The molecule has 1 atom stereocenters. The summed E-state index contributed by atoms with van der Waals surface area (Å²) in [6.45, 7) is 0. The summed E-state index contributed by atoms with van der Waals surface area (Å²) < 4.78 is 0. The van der Waals surface area contributed by atoms with Gasteiger partial charge in [-0.15, -0.1) is 0 Å². The number of para-hydroxylation sites is 2. The van der Waals surface area contributed by atoms with Crippen molar-refractivity contribution in [3.8, 4) is 0 Å². The van der Waals surface area contributed by atoms with Crippen LogP contribution in [0.15, 0.2) is 66.7 Å². The van der Waals surface area contributed by atoms with E-state index in [-0.39, 0.29) is 0 Å². The molecule has 5 nitrogen and oxygen atoms in total. The van der Waals surface area contributed by atoms with Crippen molar-refractivity contribution in [2.45, 2.75) is 5.92 Å². The molecule has 1 unspecified atom stereocenters. The zero-order valence-electron chi connectivity index (χ0n) is 14.5. The minimum absolute atomic E-state index is 0.308. The van der Waals surface area contributed by atoms with Gasteiger partial charge in [0.25, 0.3) is 0 Å². The molecule has 0 bridgehead atoms. The average molecular weight is 415 g/mol. The normalized spacial score (nSPS) is 11.6. The fraction of sp³-hybridized carbons (Fsp3) is 0.0476. The zero-order chi connectivity index (χ0) is 20.3. The number of benzene rings is 3. The van der Waals surface area contributed by atoms with E-state index in [9.17, 15) is 14.7 Å². The number of hydrogen-bond donors (Lipinski definition) is 3. The smallest absolute Gasteiger partial charge is 0.315 e. The molecule has 142 valence electrons. The van der Waals surface area contributed by atoms with Crippen molar-refractivity contribution in [1.82, 2.24) is 0 Å². The third-order valence-corrected chi connectivity index (χ3v) is 4.90. The Hall–Kier alpha value is -3.02. The highest BCUT2D eigenvalue weighted by atomic mass is 35.5. The Morgan fingerprint density at radius 1 is 0.893 bits per heavy atom. The zero-order valence-corrected chi connectivity index (χ0v) is 16.0.